The van der Waals surface area contributed by atoms with Gasteiger partial charge in [-0.3, -0.25) is 10.1 Å². The summed E-state index contributed by atoms with van der Waals surface area (Å²) in [6.07, 6.45) is -0.202. The molecule has 2 atom stereocenters. The van der Waals surface area contributed by atoms with E-state index >= 15 is 0 Å². The summed E-state index contributed by atoms with van der Waals surface area (Å²) in [6.45, 7) is 4.88. The van der Waals surface area contributed by atoms with E-state index in [1.54, 1.807) is 13.0 Å². The SMILES string of the molecule is Cc1cc(N2CC(CO)OCC2C)ccc1[N+](=O)[O-]. The summed E-state index contributed by atoms with van der Waals surface area (Å²) < 4.78 is 5.48. The molecule has 19 heavy (non-hydrogen) atoms. The number of ether oxygens (including phenoxy) is 1. The monoisotopic (exact) mass is 266 g/mol. The first-order chi connectivity index (χ1) is 9.02. The number of nitrogens with zero attached hydrogens (tertiary/aromatic N) is 2. The minimum Gasteiger partial charge on any atom is -0.394 e. The van der Waals surface area contributed by atoms with Gasteiger partial charge in [-0.05, 0) is 26.0 Å². The van der Waals surface area contributed by atoms with Gasteiger partial charge in [0, 0.05) is 29.9 Å². The lowest BCUT2D eigenvalue weighted by atomic mass is 10.1. The highest BCUT2D eigenvalue weighted by atomic mass is 16.6. The molecule has 1 saturated heterocycles. The average Bonchev–Trinajstić information content (AvgIpc) is 2.38. The van der Waals surface area contributed by atoms with Crippen molar-refractivity contribution in [2.45, 2.75) is 26.0 Å². The Labute approximate surface area is 111 Å². The van der Waals surface area contributed by atoms with Crippen LogP contribution in [0.4, 0.5) is 11.4 Å². The molecule has 1 fully saturated rings. The molecule has 104 valence electrons. The molecule has 0 saturated carbocycles. The van der Waals surface area contributed by atoms with E-state index in [4.69, 9.17) is 4.74 Å². The van der Waals surface area contributed by atoms with Crippen LogP contribution < -0.4 is 4.90 Å². The molecule has 1 aromatic rings. The third kappa shape index (κ3) is 2.85. The summed E-state index contributed by atoms with van der Waals surface area (Å²) in [5, 5.41) is 20.0. The number of morpholine rings is 1. The van der Waals surface area contributed by atoms with E-state index in [1.165, 1.54) is 6.07 Å². The Morgan fingerprint density at radius 3 is 2.89 bits per heavy atom. The topological polar surface area (TPSA) is 75.8 Å². The maximum atomic E-state index is 10.8. The minimum absolute atomic E-state index is 0.0187. The van der Waals surface area contributed by atoms with Crippen molar-refractivity contribution in [3.8, 4) is 0 Å². The second kappa shape index (κ2) is 5.54. The number of benzene rings is 1. The van der Waals surface area contributed by atoms with Gasteiger partial charge in [0.15, 0.2) is 0 Å². The van der Waals surface area contributed by atoms with Crippen molar-refractivity contribution >= 4 is 11.4 Å². The van der Waals surface area contributed by atoms with Crippen molar-refractivity contribution < 1.29 is 14.8 Å². The first-order valence-electron chi connectivity index (χ1n) is 6.27. The third-order valence-corrected chi connectivity index (χ3v) is 3.42. The molecule has 0 amide bonds. The van der Waals surface area contributed by atoms with Crippen molar-refractivity contribution in [3.63, 3.8) is 0 Å². The van der Waals surface area contributed by atoms with Gasteiger partial charge >= 0.3 is 0 Å². The molecule has 1 aliphatic heterocycles. The van der Waals surface area contributed by atoms with Crippen LogP contribution in [0.2, 0.25) is 0 Å². The molecule has 6 nitrogen and oxygen atoms in total. The van der Waals surface area contributed by atoms with E-state index < -0.39 is 0 Å². The highest BCUT2D eigenvalue weighted by Gasteiger charge is 2.26. The van der Waals surface area contributed by atoms with Gasteiger partial charge in [0.2, 0.25) is 0 Å². The molecule has 0 aliphatic carbocycles. The Morgan fingerprint density at radius 2 is 2.32 bits per heavy atom. The third-order valence-electron chi connectivity index (χ3n) is 3.42. The second-order valence-corrected chi connectivity index (χ2v) is 4.87. The van der Waals surface area contributed by atoms with Crippen LogP contribution in [0.25, 0.3) is 0 Å². The number of nitro benzene ring substituents is 1. The summed E-state index contributed by atoms with van der Waals surface area (Å²) in [5.74, 6) is 0. The lowest BCUT2D eigenvalue weighted by Gasteiger charge is -2.39. The summed E-state index contributed by atoms with van der Waals surface area (Å²) in [4.78, 5) is 12.5. The largest absolute Gasteiger partial charge is 0.394 e. The molecule has 2 unspecified atom stereocenters. The first kappa shape index (κ1) is 13.8. The number of rotatable bonds is 3. The molecular formula is C13H18N2O4. The van der Waals surface area contributed by atoms with Crippen LogP contribution in [0.15, 0.2) is 18.2 Å². The Kier molecular flexibility index (Phi) is 4.01. The Hall–Kier alpha value is -1.66. The number of hydrogen-bond donors (Lipinski definition) is 1. The van der Waals surface area contributed by atoms with E-state index in [0.717, 1.165) is 5.69 Å². The molecule has 0 bridgehead atoms. The zero-order chi connectivity index (χ0) is 14.0. The van der Waals surface area contributed by atoms with Gasteiger partial charge in [-0.15, -0.1) is 0 Å². The van der Waals surface area contributed by atoms with Crippen LogP contribution in [-0.2, 0) is 4.74 Å². The van der Waals surface area contributed by atoms with Gasteiger partial charge in [0.1, 0.15) is 0 Å². The van der Waals surface area contributed by atoms with Crippen LogP contribution in [-0.4, -0.2) is 41.9 Å². The molecule has 0 spiro atoms. The number of nitro groups is 1. The zero-order valence-corrected chi connectivity index (χ0v) is 11.1. The smallest absolute Gasteiger partial charge is 0.272 e. The van der Waals surface area contributed by atoms with E-state index in [2.05, 4.69) is 4.90 Å². The van der Waals surface area contributed by atoms with Gasteiger partial charge in [0.25, 0.3) is 5.69 Å². The lowest BCUT2D eigenvalue weighted by molar-refractivity contribution is -0.385. The quantitative estimate of drug-likeness (QED) is 0.662. The number of anilines is 1. The molecule has 0 aromatic heterocycles. The first-order valence-corrected chi connectivity index (χ1v) is 6.27. The Morgan fingerprint density at radius 1 is 1.58 bits per heavy atom. The zero-order valence-electron chi connectivity index (χ0n) is 11.1. The van der Waals surface area contributed by atoms with Crippen molar-refractivity contribution in [3.05, 3.63) is 33.9 Å². The average molecular weight is 266 g/mol. The molecule has 1 aromatic carbocycles. The summed E-state index contributed by atoms with van der Waals surface area (Å²) >= 11 is 0. The van der Waals surface area contributed by atoms with Gasteiger partial charge in [-0.2, -0.15) is 0 Å². The molecule has 1 aliphatic rings. The standard InChI is InChI=1S/C13H18N2O4/c1-9-5-11(3-4-13(9)15(17)18)14-6-12(7-16)19-8-10(14)2/h3-5,10,12,16H,6-8H2,1-2H3. The van der Waals surface area contributed by atoms with Crippen molar-refractivity contribution in [1.29, 1.82) is 0 Å². The van der Waals surface area contributed by atoms with Gasteiger partial charge in [-0.1, -0.05) is 0 Å². The summed E-state index contributed by atoms with van der Waals surface area (Å²) in [7, 11) is 0. The molecule has 2 rings (SSSR count). The van der Waals surface area contributed by atoms with E-state index in [9.17, 15) is 15.2 Å². The van der Waals surface area contributed by atoms with Crippen molar-refractivity contribution in [2.24, 2.45) is 0 Å². The predicted molar refractivity (Wildman–Crippen MR) is 71.5 cm³/mol. The fourth-order valence-electron chi connectivity index (χ4n) is 2.31. The van der Waals surface area contributed by atoms with Crippen LogP contribution in [0, 0.1) is 17.0 Å². The Bertz CT molecular complexity index is 478. The lowest BCUT2D eigenvalue weighted by Crippen LogP contribution is -2.49. The van der Waals surface area contributed by atoms with E-state index in [0.29, 0.717) is 18.7 Å². The summed E-state index contributed by atoms with van der Waals surface area (Å²) in [5.41, 5.74) is 1.70. The van der Waals surface area contributed by atoms with Crippen LogP contribution in [0.1, 0.15) is 12.5 Å². The van der Waals surface area contributed by atoms with Gasteiger partial charge in [-0.25, -0.2) is 0 Å². The van der Waals surface area contributed by atoms with Crippen LogP contribution >= 0.6 is 0 Å². The fourth-order valence-corrected chi connectivity index (χ4v) is 2.31. The maximum absolute atomic E-state index is 10.8. The van der Waals surface area contributed by atoms with E-state index in [1.807, 2.05) is 13.0 Å². The predicted octanol–water partition coefficient (Wildman–Crippen LogP) is 1.49. The maximum Gasteiger partial charge on any atom is 0.272 e. The number of aliphatic hydroxyl groups excluding tert-OH is 1. The second-order valence-electron chi connectivity index (χ2n) is 4.87. The van der Waals surface area contributed by atoms with Crippen molar-refractivity contribution in [1.82, 2.24) is 0 Å². The molecule has 0 radical (unpaired) electrons. The number of aliphatic hydroxyl groups is 1. The van der Waals surface area contributed by atoms with Gasteiger partial charge < -0.3 is 14.7 Å². The minimum atomic E-state index is -0.377. The highest BCUT2D eigenvalue weighted by molar-refractivity contribution is 5.56. The summed E-state index contributed by atoms with van der Waals surface area (Å²) in [6, 6.07) is 5.28. The fraction of sp³-hybridized carbons (Fsp3) is 0.538. The van der Waals surface area contributed by atoms with E-state index in [-0.39, 0.29) is 29.4 Å². The molecule has 1 heterocycles. The van der Waals surface area contributed by atoms with Crippen LogP contribution in [0.3, 0.4) is 0 Å². The highest BCUT2D eigenvalue weighted by Crippen LogP contribution is 2.27. The molecule has 6 heteroatoms. The van der Waals surface area contributed by atoms with Crippen LogP contribution in [0.5, 0.6) is 0 Å². The number of aryl methyl sites for hydroxylation is 1. The molecule has 1 N–H and O–H groups in total. The van der Waals surface area contributed by atoms with Crippen molar-refractivity contribution in [2.75, 3.05) is 24.7 Å². The molecular weight excluding hydrogens is 248 g/mol. The normalized spacial score (nSPS) is 23.4. The Balaban J connectivity index is 2.25. The van der Waals surface area contributed by atoms with Gasteiger partial charge in [0.05, 0.1) is 24.2 Å². The number of hydrogen-bond acceptors (Lipinski definition) is 5.